The van der Waals surface area contributed by atoms with Gasteiger partial charge in [-0.3, -0.25) is 30.6 Å². The van der Waals surface area contributed by atoms with Crippen molar-refractivity contribution in [2.24, 2.45) is 0 Å². The van der Waals surface area contributed by atoms with Gasteiger partial charge in [-0.25, -0.2) is 4.98 Å². The molecule has 0 aliphatic carbocycles. The molecule has 3 rings (SSSR count). The second-order valence-electron chi connectivity index (χ2n) is 5.14. The number of thiazole rings is 1. The molecule has 0 radical (unpaired) electrons. The molecule has 2 aromatic heterocycles. The molecule has 0 aliphatic rings. The molecule has 0 saturated heterocycles. The first-order chi connectivity index (χ1) is 12.5. The lowest BCUT2D eigenvalue weighted by Gasteiger charge is -2.06. The van der Waals surface area contributed by atoms with E-state index in [2.05, 4.69) is 15.8 Å². The van der Waals surface area contributed by atoms with Crippen molar-refractivity contribution in [2.75, 3.05) is 0 Å². The largest absolute Gasteiger partial charge is 0.273 e. The third-order valence-electron chi connectivity index (χ3n) is 3.32. The Morgan fingerprint density at radius 2 is 1.88 bits per heavy atom. The van der Waals surface area contributed by atoms with Crippen molar-refractivity contribution < 1.29 is 14.5 Å². The van der Waals surface area contributed by atoms with Crippen molar-refractivity contribution in [1.82, 2.24) is 15.8 Å². The molecule has 0 unspecified atom stereocenters. The van der Waals surface area contributed by atoms with Crippen LogP contribution in [-0.4, -0.2) is 21.7 Å². The number of carbonyl (C=O) groups is 2. The molecule has 26 heavy (non-hydrogen) atoms. The first-order valence-corrected chi connectivity index (χ1v) is 9.16. The average Bonchev–Trinajstić information content (AvgIpc) is 3.31. The molecule has 0 saturated carbocycles. The van der Waals surface area contributed by atoms with E-state index in [-0.39, 0.29) is 17.7 Å². The lowest BCUT2D eigenvalue weighted by molar-refractivity contribution is -0.384. The number of amides is 2. The fourth-order valence-electron chi connectivity index (χ4n) is 2.05. The van der Waals surface area contributed by atoms with Gasteiger partial charge in [0, 0.05) is 34.0 Å². The molecule has 1 aromatic carbocycles. The van der Waals surface area contributed by atoms with Gasteiger partial charge in [-0.05, 0) is 23.6 Å². The Morgan fingerprint density at radius 1 is 1.12 bits per heavy atom. The molecule has 2 amide bonds. The zero-order valence-electron chi connectivity index (χ0n) is 13.2. The maximum atomic E-state index is 11.9. The highest BCUT2D eigenvalue weighted by molar-refractivity contribution is 7.14. The first kappa shape index (κ1) is 17.7. The number of nitrogens with one attached hydrogen (secondary N) is 2. The lowest BCUT2D eigenvalue weighted by atomic mass is 10.2. The molecule has 8 nitrogen and oxygen atoms in total. The van der Waals surface area contributed by atoms with E-state index in [1.54, 1.807) is 16.7 Å². The number of rotatable bonds is 5. The van der Waals surface area contributed by atoms with Crippen LogP contribution in [0.1, 0.15) is 16.1 Å². The fraction of sp³-hybridized carbons (Fsp3) is 0.0625. The highest BCUT2D eigenvalue weighted by Gasteiger charge is 2.12. The van der Waals surface area contributed by atoms with Crippen molar-refractivity contribution in [3.63, 3.8) is 0 Å². The van der Waals surface area contributed by atoms with Gasteiger partial charge in [0.05, 0.1) is 17.0 Å². The second kappa shape index (κ2) is 7.85. The quantitative estimate of drug-likeness (QED) is 0.515. The van der Waals surface area contributed by atoms with Crippen molar-refractivity contribution >= 4 is 40.2 Å². The molecule has 0 bridgehead atoms. The highest BCUT2D eigenvalue weighted by Crippen LogP contribution is 2.25. The summed E-state index contributed by atoms with van der Waals surface area (Å²) in [5.41, 5.74) is 6.28. The van der Waals surface area contributed by atoms with Crippen molar-refractivity contribution in [1.29, 1.82) is 0 Å². The fourth-order valence-corrected chi connectivity index (χ4v) is 3.58. The van der Waals surface area contributed by atoms with Gasteiger partial charge >= 0.3 is 0 Å². The van der Waals surface area contributed by atoms with Crippen LogP contribution in [0.15, 0.2) is 46.5 Å². The minimum atomic E-state index is -0.564. The summed E-state index contributed by atoms with van der Waals surface area (Å²) >= 11 is 3.02. The molecule has 10 heteroatoms. The zero-order chi connectivity index (χ0) is 18.5. The normalized spacial score (nSPS) is 10.3. The number of hydrogen-bond donors (Lipinski definition) is 2. The Kier molecular flexibility index (Phi) is 5.34. The second-order valence-corrected chi connectivity index (χ2v) is 6.78. The third kappa shape index (κ3) is 4.29. The maximum Gasteiger partial charge on any atom is 0.269 e. The van der Waals surface area contributed by atoms with Crippen LogP contribution in [0.2, 0.25) is 0 Å². The molecule has 0 spiro atoms. The minimum Gasteiger partial charge on any atom is -0.273 e. The van der Waals surface area contributed by atoms with E-state index in [0.717, 1.165) is 10.6 Å². The summed E-state index contributed by atoms with van der Waals surface area (Å²) in [7, 11) is 0. The Morgan fingerprint density at radius 3 is 2.54 bits per heavy atom. The number of nitrogens with zero attached hydrogens (tertiary/aromatic N) is 2. The Hall–Kier alpha value is -3.11. The van der Waals surface area contributed by atoms with E-state index in [0.29, 0.717) is 5.69 Å². The topological polar surface area (TPSA) is 114 Å². The van der Waals surface area contributed by atoms with Crippen LogP contribution < -0.4 is 10.9 Å². The SMILES string of the molecule is O=C(Cc1csc(-c2ccsc2)n1)NNC(=O)c1ccc([N+](=O)[O-])cc1. The van der Waals surface area contributed by atoms with Crippen LogP contribution in [0, 0.1) is 10.1 Å². The van der Waals surface area contributed by atoms with E-state index in [9.17, 15) is 19.7 Å². The van der Waals surface area contributed by atoms with Crippen LogP contribution in [0.4, 0.5) is 5.69 Å². The predicted molar refractivity (Wildman–Crippen MR) is 97.8 cm³/mol. The van der Waals surface area contributed by atoms with Gasteiger partial charge in [0.15, 0.2) is 0 Å². The number of nitro groups is 1. The molecule has 0 atom stereocenters. The third-order valence-corrected chi connectivity index (χ3v) is 4.94. The molecule has 0 fully saturated rings. The van der Waals surface area contributed by atoms with Crippen LogP contribution in [0.25, 0.3) is 10.6 Å². The summed E-state index contributed by atoms with van der Waals surface area (Å²) in [4.78, 5) is 38.3. The Bertz CT molecular complexity index is 936. The molecule has 3 aromatic rings. The summed E-state index contributed by atoms with van der Waals surface area (Å²) in [6, 6.07) is 7.02. The van der Waals surface area contributed by atoms with Gasteiger partial charge in [-0.1, -0.05) is 0 Å². The van der Waals surface area contributed by atoms with Crippen LogP contribution in [0.3, 0.4) is 0 Å². The monoisotopic (exact) mass is 388 g/mol. The number of nitro benzene ring substituents is 1. The molecular weight excluding hydrogens is 376 g/mol. The molecule has 2 heterocycles. The van der Waals surface area contributed by atoms with Gasteiger partial charge in [0.1, 0.15) is 5.01 Å². The average molecular weight is 388 g/mol. The minimum absolute atomic E-state index is 0.0289. The smallest absolute Gasteiger partial charge is 0.269 e. The van der Waals surface area contributed by atoms with Gasteiger partial charge in [0.2, 0.25) is 5.91 Å². The summed E-state index contributed by atoms with van der Waals surface area (Å²) in [5.74, 6) is -0.979. The van der Waals surface area contributed by atoms with E-state index >= 15 is 0 Å². The Labute approximate surface area is 155 Å². The van der Waals surface area contributed by atoms with Gasteiger partial charge in [0.25, 0.3) is 11.6 Å². The first-order valence-electron chi connectivity index (χ1n) is 7.33. The summed E-state index contributed by atoms with van der Waals surface area (Å²) in [6.07, 6.45) is 0.0289. The number of benzene rings is 1. The highest BCUT2D eigenvalue weighted by atomic mass is 32.1. The van der Waals surface area contributed by atoms with E-state index in [4.69, 9.17) is 0 Å². The number of hydrazine groups is 1. The summed E-state index contributed by atoms with van der Waals surface area (Å²) < 4.78 is 0. The van der Waals surface area contributed by atoms with Gasteiger partial charge in [-0.2, -0.15) is 11.3 Å². The molecule has 0 aliphatic heterocycles. The van der Waals surface area contributed by atoms with Crippen molar-refractivity contribution in [3.8, 4) is 10.6 Å². The zero-order valence-corrected chi connectivity index (χ0v) is 14.8. The van der Waals surface area contributed by atoms with Crippen molar-refractivity contribution in [2.45, 2.75) is 6.42 Å². The summed E-state index contributed by atoms with van der Waals surface area (Å²) in [5, 5.41) is 17.2. The van der Waals surface area contributed by atoms with Gasteiger partial charge in [-0.15, -0.1) is 11.3 Å². The van der Waals surface area contributed by atoms with E-state index < -0.39 is 16.7 Å². The standard InChI is InChI=1S/C16H12N4O4S2/c21-14(7-12-9-26-16(17-12)11-5-6-25-8-11)18-19-15(22)10-1-3-13(4-2-10)20(23)24/h1-6,8-9H,7H2,(H,18,21)(H,19,22). The van der Waals surface area contributed by atoms with Gasteiger partial charge < -0.3 is 0 Å². The van der Waals surface area contributed by atoms with Crippen LogP contribution in [0.5, 0.6) is 0 Å². The maximum absolute atomic E-state index is 11.9. The number of thiophene rings is 1. The number of non-ortho nitro benzene ring substituents is 1. The molecule has 2 N–H and O–H groups in total. The number of carbonyl (C=O) groups excluding carboxylic acids is 2. The van der Waals surface area contributed by atoms with Crippen LogP contribution >= 0.6 is 22.7 Å². The number of hydrogen-bond acceptors (Lipinski definition) is 7. The van der Waals surface area contributed by atoms with Crippen molar-refractivity contribution in [3.05, 3.63) is 67.8 Å². The molecular formula is C16H12N4O4S2. The van der Waals surface area contributed by atoms with Crippen LogP contribution in [-0.2, 0) is 11.2 Å². The summed E-state index contributed by atoms with van der Waals surface area (Å²) in [6.45, 7) is 0. The predicted octanol–water partition coefficient (Wildman–Crippen LogP) is 2.78. The van der Waals surface area contributed by atoms with E-state index in [1.165, 1.54) is 35.6 Å². The number of aromatic nitrogens is 1. The molecule has 132 valence electrons. The lowest BCUT2D eigenvalue weighted by Crippen LogP contribution is -2.42. The van der Waals surface area contributed by atoms with E-state index in [1.807, 2.05) is 16.8 Å². The Balaban J connectivity index is 1.52.